The van der Waals surface area contributed by atoms with Crippen molar-refractivity contribution in [3.05, 3.63) is 57.2 Å². The first-order chi connectivity index (χ1) is 15.6. The zero-order valence-corrected chi connectivity index (χ0v) is 21.4. The number of hydrogen-bond donors (Lipinski definition) is 1. The van der Waals surface area contributed by atoms with Crippen LogP contribution in [0.2, 0.25) is 0 Å². The van der Waals surface area contributed by atoms with Crippen LogP contribution >= 0.6 is 15.9 Å². The van der Waals surface area contributed by atoms with Gasteiger partial charge < -0.3 is 14.6 Å². The molecule has 0 amide bonds. The van der Waals surface area contributed by atoms with Gasteiger partial charge in [-0.05, 0) is 93.5 Å². The van der Waals surface area contributed by atoms with Crippen LogP contribution in [0.4, 0.5) is 0 Å². The van der Waals surface area contributed by atoms with Crippen LogP contribution in [-0.2, 0) is 22.4 Å². The lowest BCUT2D eigenvalue weighted by Gasteiger charge is -2.28. The van der Waals surface area contributed by atoms with Crippen molar-refractivity contribution in [1.82, 2.24) is 4.98 Å². The molecule has 0 fully saturated rings. The monoisotopic (exact) mass is 511 g/mol. The number of carboxylic acids is 1. The highest BCUT2D eigenvalue weighted by molar-refractivity contribution is 9.10. The minimum Gasteiger partial charge on any atom is -0.493 e. The Bertz CT molecular complexity index is 1230. The van der Waals surface area contributed by atoms with Crippen molar-refractivity contribution >= 4 is 32.8 Å². The van der Waals surface area contributed by atoms with Crippen LogP contribution in [0.3, 0.4) is 0 Å². The number of carboxylic acid groups (broad SMARTS) is 1. The quantitative estimate of drug-likeness (QED) is 0.407. The van der Waals surface area contributed by atoms with Gasteiger partial charge >= 0.3 is 5.97 Å². The first-order valence-corrected chi connectivity index (χ1v) is 12.2. The molecule has 0 aliphatic carbocycles. The third-order valence-corrected chi connectivity index (χ3v) is 6.36. The maximum absolute atomic E-state index is 12.5. The summed E-state index contributed by atoms with van der Waals surface area (Å²) in [5.74, 6) is -0.125. The third kappa shape index (κ3) is 4.78. The second-order valence-corrected chi connectivity index (χ2v) is 10.4. The Labute approximate surface area is 203 Å². The SMILES string of the molecule is CCc1cc(Br)cc2c(-c3ccc4c(c3)CCCO4)c([C@H](OC(C)(C)C)C(=O)O)c(C)nc12. The molecular weight excluding hydrogens is 482 g/mol. The van der Waals surface area contributed by atoms with E-state index < -0.39 is 17.7 Å². The standard InChI is InChI=1S/C27H30BrNO4/c1-6-16-13-19(28)14-20-23(18-9-10-21-17(12-18)8-7-11-32-21)22(15(2)29-24(16)20)25(26(30)31)33-27(3,4)5/h9-10,12-14,25H,6-8,11H2,1-5H3,(H,30,31)/t25-/m0/s1. The van der Waals surface area contributed by atoms with Crippen LogP contribution in [0.1, 0.15) is 62.6 Å². The lowest BCUT2D eigenvalue weighted by molar-refractivity contribution is -0.160. The fourth-order valence-corrected chi connectivity index (χ4v) is 5.04. The third-order valence-electron chi connectivity index (χ3n) is 5.90. The summed E-state index contributed by atoms with van der Waals surface area (Å²) in [4.78, 5) is 17.4. The highest BCUT2D eigenvalue weighted by atomic mass is 79.9. The molecule has 5 nitrogen and oxygen atoms in total. The Morgan fingerprint density at radius 3 is 2.70 bits per heavy atom. The fourth-order valence-electron chi connectivity index (χ4n) is 4.54. The Kier molecular flexibility index (Phi) is 6.52. The van der Waals surface area contributed by atoms with Crippen LogP contribution in [-0.4, -0.2) is 28.3 Å². The van der Waals surface area contributed by atoms with Gasteiger partial charge in [-0.15, -0.1) is 0 Å². The number of ether oxygens (including phenoxy) is 2. The Morgan fingerprint density at radius 1 is 1.27 bits per heavy atom. The zero-order chi connectivity index (χ0) is 23.9. The zero-order valence-electron chi connectivity index (χ0n) is 19.8. The summed E-state index contributed by atoms with van der Waals surface area (Å²) in [6.07, 6.45) is 1.58. The van der Waals surface area contributed by atoms with Crippen molar-refractivity contribution in [1.29, 1.82) is 0 Å². The topological polar surface area (TPSA) is 68.7 Å². The summed E-state index contributed by atoms with van der Waals surface area (Å²) >= 11 is 3.65. The molecule has 1 aromatic heterocycles. The van der Waals surface area contributed by atoms with Crippen molar-refractivity contribution in [2.24, 2.45) is 0 Å². The van der Waals surface area contributed by atoms with Crippen LogP contribution < -0.4 is 4.74 Å². The molecule has 1 atom stereocenters. The summed E-state index contributed by atoms with van der Waals surface area (Å²) in [6, 6.07) is 10.3. The molecule has 174 valence electrons. The average Bonchev–Trinajstić information content (AvgIpc) is 2.75. The largest absolute Gasteiger partial charge is 0.493 e. The maximum Gasteiger partial charge on any atom is 0.337 e. The van der Waals surface area contributed by atoms with E-state index >= 15 is 0 Å². The normalized spacial score (nSPS) is 14.6. The molecule has 3 aromatic rings. The highest BCUT2D eigenvalue weighted by Gasteiger charge is 2.32. The number of fused-ring (bicyclic) bond motifs is 2. The lowest BCUT2D eigenvalue weighted by atomic mass is 9.88. The number of rotatable bonds is 5. The van der Waals surface area contributed by atoms with Gasteiger partial charge in [-0.25, -0.2) is 4.79 Å². The number of nitrogens with zero attached hydrogens (tertiary/aromatic N) is 1. The van der Waals surface area contributed by atoms with Gasteiger partial charge in [0, 0.05) is 21.1 Å². The molecule has 1 aliphatic heterocycles. The van der Waals surface area contributed by atoms with Gasteiger partial charge in [-0.3, -0.25) is 4.98 Å². The number of aliphatic carboxylic acids is 1. The number of benzene rings is 2. The molecule has 0 saturated carbocycles. The molecule has 0 bridgehead atoms. The van der Waals surface area contributed by atoms with Gasteiger partial charge in [-0.1, -0.05) is 28.9 Å². The van der Waals surface area contributed by atoms with E-state index in [1.54, 1.807) is 0 Å². The second-order valence-electron chi connectivity index (χ2n) is 9.52. The second kappa shape index (κ2) is 9.07. The number of pyridine rings is 1. The highest BCUT2D eigenvalue weighted by Crippen LogP contribution is 2.42. The minimum atomic E-state index is -1.15. The first-order valence-electron chi connectivity index (χ1n) is 11.4. The van der Waals surface area contributed by atoms with E-state index in [4.69, 9.17) is 14.5 Å². The molecule has 6 heteroatoms. The molecular formula is C27H30BrNO4. The molecule has 2 heterocycles. The van der Waals surface area contributed by atoms with Crippen molar-refractivity contribution in [3.8, 4) is 16.9 Å². The molecule has 0 spiro atoms. The van der Waals surface area contributed by atoms with Gasteiger partial charge in [0.05, 0.1) is 17.7 Å². The van der Waals surface area contributed by atoms with Crippen molar-refractivity contribution in [3.63, 3.8) is 0 Å². The number of aryl methyl sites for hydroxylation is 3. The summed E-state index contributed by atoms with van der Waals surface area (Å²) < 4.78 is 12.9. The average molecular weight is 512 g/mol. The molecule has 2 aromatic carbocycles. The van der Waals surface area contributed by atoms with Crippen LogP contribution in [0.5, 0.6) is 5.75 Å². The predicted octanol–water partition coefficient (Wildman–Crippen LogP) is 6.80. The smallest absolute Gasteiger partial charge is 0.337 e. The molecule has 0 radical (unpaired) electrons. The van der Waals surface area contributed by atoms with Gasteiger partial charge in [0.2, 0.25) is 0 Å². The van der Waals surface area contributed by atoms with Crippen molar-refractivity contribution in [2.75, 3.05) is 6.61 Å². The first kappa shape index (κ1) is 23.7. The number of halogens is 1. The molecule has 0 unspecified atom stereocenters. The van der Waals surface area contributed by atoms with Gasteiger partial charge in [-0.2, -0.15) is 0 Å². The Balaban J connectivity index is 2.09. The molecule has 33 heavy (non-hydrogen) atoms. The summed E-state index contributed by atoms with van der Waals surface area (Å²) in [6.45, 7) is 10.3. The van der Waals surface area contributed by atoms with E-state index in [0.717, 1.165) is 69.2 Å². The van der Waals surface area contributed by atoms with Crippen molar-refractivity contribution < 1.29 is 19.4 Å². The van der Waals surface area contributed by atoms with Gasteiger partial charge in [0.1, 0.15) is 5.75 Å². The van der Waals surface area contributed by atoms with E-state index in [9.17, 15) is 9.90 Å². The Morgan fingerprint density at radius 2 is 2.03 bits per heavy atom. The molecule has 4 rings (SSSR count). The summed E-state index contributed by atoms with van der Waals surface area (Å²) in [5, 5.41) is 11.1. The van der Waals surface area contributed by atoms with Crippen LogP contribution in [0.25, 0.3) is 22.0 Å². The lowest BCUT2D eigenvalue weighted by Crippen LogP contribution is -2.28. The number of aromatic nitrogens is 1. The predicted molar refractivity (Wildman–Crippen MR) is 134 cm³/mol. The van der Waals surface area contributed by atoms with E-state index in [2.05, 4.69) is 35.0 Å². The van der Waals surface area contributed by atoms with Crippen LogP contribution in [0.15, 0.2) is 34.8 Å². The van der Waals surface area contributed by atoms with E-state index in [-0.39, 0.29) is 0 Å². The number of hydrogen-bond acceptors (Lipinski definition) is 4. The van der Waals surface area contributed by atoms with Crippen LogP contribution in [0, 0.1) is 6.92 Å². The van der Waals surface area contributed by atoms with Crippen molar-refractivity contribution in [2.45, 2.75) is 65.6 Å². The summed E-state index contributed by atoms with van der Waals surface area (Å²) in [7, 11) is 0. The molecule has 0 saturated heterocycles. The van der Waals surface area contributed by atoms with Gasteiger partial charge in [0.25, 0.3) is 0 Å². The number of carbonyl (C=O) groups is 1. The Hall–Kier alpha value is -2.44. The maximum atomic E-state index is 12.5. The summed E-state index contributed by atoms with van der Waals surface area (Å²) in [5.41, 5.74) is 5.58. The molecule has 1 aliphatic rings. The van der Waals surface area contributed by atoms with E-state index in [0.29, 0.717) is 11.3 Å². The molecule has 1 N–H and O–H groups in total. The minimum absolute atomic E-state index is 0.599. The fraction of sp³-hybridized carbons (Fsp3) is 0.407. The van der Waals surface area contributed by atoms with E-state index in [1.807, 2.05) is 45.9 Å². The van der Waals surface area contributed by atoms with E-state index in [1.165, 1.54) is 0 Å². The van der Waals surface area contributed by atoms with Gasteiger partial charge in [0.15, 0.2) is 6.10 Å².